The molecule has 0 heterocycles. The molecule has 70 valence electrons. The fraction of sp³-hybridized carbons (Fsp3) is 0. The van der Waals surface area contributed by atoms with Crippen LogP contribution in [-0.4, -0.2) is 5.48 Å². The van der Waals surface area contributed by atoms with Gasteiger partial charge in [0.15, 0.2) is 0 Å². The number of rotatable bonds is 0. The van der Waals surface area contributed by atoms with E-state index in [9.17, 15) is 0 Å². The summed E-state index contributed by atoms with van der Waals surface area (Å²) in [5.41, 5.74) is 0. The molecule has 0 atom stereocenters. The van der Waals surface area contributed by atoms with Crippen LogP contribution in [0.15, 0.2) is 0 Å². The Morgan fingerprint density at radius 3 is 0.667 bits per heavy atom. The van der Waals surface area contributed by atoms with Gasteiger partial charge in [-0.1, -0.05) is 0 Å². The summed E-state index contributed by atoms with van der Waals surface area (Å²) in [5.74, 6) is 0. The van der Waals surface area contributed by atoms with Crippen molar-refractivity contribution < 1.29 is 14.1 Å². The molecule has 0 saturated heterocycles. The molecule has 3 nitrogen and oxygen atoms in total. The number of quaternary nitrogens is 2. The van der Waals surface area contributed by atoms with Crippen LogP contribution in [0.2, 0.25) is 0 Å². The normalized spacial score (nSPS) is 12.8. The summed E-state index contributed by atoms with van der Waals surface area (Å²) >= 11 is 0. The van der Waals surface area contributed by atoms with Crippen LogP contribution in [0.1, 0.15) is 0 Å². The maximum Gasteiger partial charge on any atom is -0.369 e. The van der Waals surface area contributed by atoms with Gasteiger partial charge in [0, 0.05) is 0 Å². The van der Waals surface area contributed by atoms with Gasteiger partial charge >= 0.3 is 57.1 Å². The maximum atomic E-state index is 5.02. The van der Waals surface area contributed by atoms with Crippen molar-refractivity contribution in [3.05, 3.63) is 0 Å². The van der Waals surface area contributed by atoms with Crippen molar-refractivity contribution in [1.82, 2.24) is 12.3 Å². The predicted octanol–water partition coefficient (Wildman–Crippen LogP) is 3.37. The van der Waals surface area contributed by atoms with E-state index in [4.69, 9.17) is 48.5 Å². The summed E-state index contributed by atoms with van der Waals surface area (Å²) < 4.78 is 0. The fourth-order valence-electron chi connectivity index (χ4n) is 0. The fourth-order valence-corrected chi connectivity index (χ4v) is 0. The minimum absolute atomic E-state index is 0. The quantitative estimate of drug-likeness (QED) is 0.634. The Kier molecular flexibility index (Phi) is 13.9. The molecule has 0 aromatic carbocycles. The molecule has 0 aromatic rings. The van der Waals surface area contributed by atoms with Gasteiger partial charge in [0.2, 0.25) is 0 Å². The summed E-state index contributed by atoms with van der Waals surface area (Å²) in [4.78, 5) is 0. The van der Waals surface area contributed by atoms with Crippen molar-refractivity contribution in [3.63, 3.8) is 0 Å². The number of halogens is 5. The van der Waals surface area contributed by atoms with E-state index in [2.05, 4.69) is 0 Å². The SMILES string of the molecule is O.[Cl][Rh-2]([Cl])([Cl])([Cl])[Cl].[NH4+].[NH4+]. The van der Waals surface area contributed by atoms with Crippen LogP contribution in [0.5, 0.6) is 0 Å². The Hall–Kier alpha value is 1.95. The number of hydrogen-bond acceptors (Lipinski definition) is 0. The third-order valence-corrected chi connectivity index (χ3v) is 0. The second-order valence-corrected chi connectivity index (χ2v) is 25.4. The molecule has 0 aliphatic heterocycles. The second-order valence-electron chi connectivity index (χ2n) is 0.476. The van der Waals surface area contributed by atoms with E-state index in [1.807, 2.05) is 0 Å². The van der Waals surface area contributed by atoms with E-state index in [-0.39, 0.29) is 17.8 Å². The summed E-state index contributed by atoms with van der Waals surface area (Å²) in [6.07, 6.45) is 0. The zero-order valence-electron chi connectivity index (χ0n) is 4.72. The summed E-state index contributed by atoms with van der Waals surface area (Å²) in [5, 5.41) is 0. The van der Waals surface area contributed by atoms with Crippen molar-refractivity contribution in [3.8, 4) is 0 Å². The molecular weight excluding hydrogens is 324 g/mol. The molecule has 0 aliphatic carbocycles. The molecular formula is H10Cl5N2ORh. The summed E-state index contributed by atoms with van der Waals surface area (Å²) in [6.45, 7) is 0. The minimum Gasteiger partial charge on any atom is -0.369 e. The summed E-state index contributed by atoms with van der Waals surface area (Å²) in [6, 6.07) is 0. The van der Waals surface area contributed by atoms with Gasteiger partial charge in [-0.25, -0.2) is 0 Å². The van der Waals surface area contributed by atoms with Gasteiger partial charge in [-0.3, -0.25) is 0 Å². The molecule has 0 radical (unpaired) electrons. The van der Waals surface area contributed by atoms with Crippen molar-refractivity contribution in [2.45, 2.75) is 0 Å². The topological polar surface area (TPSA) is 104 Å². The number of hydrogen-bond donors (Lipinski definition) is 2. The van der Waals surface area contributed by atoms with Gasteiger partial charge in [-0.05, 0) is 0 Å². The van der Waals surface area contributed by atoms with Crippen molar-refractivity contribution >= 4 is 48.5 Å². The summed E-state index contributed by atoms with van der Waals surface area (Å²) in [7, 11) is 21.0. The third kappa shape index (κ3) is 165. The molecule has 0 aromatic heterocycles. The van der Waals surface area contributed by atoms with Crippen LogP contribution in [0.25, 0.3) is 0 Å². The smallest absolute Gasteiger partial charge is 0.369 e. The van der Waals surface area contributed by atoms with E-state index in [1.54, 1.807) is 0 Å². The van der Waals surface area contributed by atoms with Gasteiger partial charge in [-0.15, -0.1) is 0 Å². The average molecular weight is 334 g/mol. The zero-order valence-corrected chi connectivity index (χ0v) is 10.1. The Labute approximate surface area is 74.4 Å². The van der Waals surface area contributed by atoms with Gasteiger partial charge in [0.25, 0.3) is 0 Å². The molecule has 0 aliphatic rings. The van der Waals surface area contributed by atoms with Crippen LogP contribution in [0.4, 0.5) is 0 Å². The van der Waals surface area contributed by atoms with Crippen molar-refractivity contribution in [2.75, 3.05) is 0 Å². The molecule has 10 N–H and O–H groups in total. The molecule has 9 heteroatoms. The Morgan fingerprint density at radius 2 is 0.667 bits per heavy atom. The van der Waals surface area contributed by atoms with Crippen molar-refractivity contribution in [2.24, 2.45) is 0 Å². The molecule has 0 rings (SSSR count). The third-order valence-electron chi connectivity index (χ3n) is 0. The molecule has 0 amide bonds. The molecule has 0 saturated carbocycles. The van der Waals surface area contributed by atoms with Crippen LogP contribution in [0, 0.1) is 0 Å². The molecule has 9 heavy (non-hydrogen) atoms. The van der Waals surface area contributed by atoms with E-state index < -0.39 is 8.65 Å². The first-order valence-corrected chi connectivity index (χ1v) is 11.2. The van der Waals surface area contributed by atoms with Gasteiger partial charge in [-0.2, -0.15) is 0 Å². The predicted molar refractivity (Wildman–Crippen MR) is 44.8 cm³/mol. The van der Waals surface area contributed by atoms with Gasteiger partial charge < -0.3 is 17.8 Å². The van der Waals surface area contributed by atoms with Crippen molar-refractivity contribution in [1.29, 1.82) is 0 Å². The Morgan fingerprint density at radius 1 is 0.667 bits per heavy atom. The first-order valence-electron chi connectivity index (χ1n) is 0.630. The molecule has 0 bridgehead atoms. The van der Waals surface area contributed by atoms with E-state index in [1.165, 1.54) is 0 Å². The monoisotopic (exact) mass is 332 g/mol. The average Bonchev–Trinajstić information content (AvgIpc) is 0.650. The van der Waals surface area contributed by atoms with Crippen LogP contribution in [-0.2, 0) is 8.65 Å². The largest absolute Gasteiger partial charge is 0.369 e. The first kappa shape index (κ1) is 22.4. The zero-order chi connectivity index (χ0) is 5.45. The molecule has 0 unspecified atom stereocenters. The van der Waals surface area contributed by atoms with E-state index in [0.717, 1.165) is 0 Å². The van der Waals surface area contributed by atoms with Gasteiger partial charge in [0.1, 0.15) is 0 Å². The van der Waals surface area contributed by atoms with E-state index >= 15 is 0 Å². The van der Waals surface area contributed by atoms with Crippen LogP contribution >= 0.6 is 48.5 Å². The first-order chi connectivity index (χ1) is 2.24. The molecule has 0 fully saturated rings. The second kappa shape index (κ2) is 5.58. The van der Waals surface area contributed by atoms with Crippen LogP contribution < -0.4 is 12.3 Å². The Balaban J connectivity index is -0.0000000417. The maximum absolute atomic E-state index is 5.02. The van der Waals surface area contributed by atoms with Crippen LogP contribution in [0.3, 0.4) is 0 Å². The van der Waals surface area contributed by atoms with E-state index in [0.29, 0.717) is 0 Å². The Bertz CT molecular complexity index is 48.1. The van der Waals surface area contributed by atoms with Gasteiger partial charge in [0.05, 0.1) is 0 Å². The standard InChI is InChI=1S/5ClH.2H3N.H2O.Rh/h5*1H;2*1H3;1H2;/q;;;;;;;;+3/p-3. The molecule has 0 spiro atoms. The minimum atomic E-state index is -4.04.